The summed E-state index contributed by atoms with van der Waals surface area (Å²) in [6.45, 7) is 4.18. The van der Waals surface area contributed by atoms with E-state index in [1.807, 2.05) is 12.6 Å². The minimum atomic E-state index is 0.257. The smallest absolute Gasteiger partial charge is 0.0798 e. The fraction of sp³-hybridized carbons (Fsp3) is 0.308. The molecule has 1 N–H and O–H groups in total. The van der Waals surface area contributed by atoms with Crippen molar-refractivity contribution < 1.29 is 0 Å². The summed E-state index contributed by atoms with van der Waals surface area (Å²) in [6.07, 6.45) is 0. The lowest BCUT2D eigenvalue weighted by molar-refractivity contribution is 0.697. The summed E-state index contributed by atoms with van der Waals surface area (Å²) >= 11 is 1.71. The number of nitrogens with zero attached hydrogens (tertiary/aromatic N) is 1. The second-order valence-electron chi connectivity index (χ2n) is 3.94. The van der Waals surface area contributed by atoms with Gasteiger partial charge in [-0.2, -0.15) is 0 Å². The van der Waals surface area contributed by atoms with Crippen molar-refractivity contribution in [2.24, 2.45) is 0 Å². The van der Waals surface area contributed by atoms with Crippen LogP contribution in [0.5, 0.6) is 0 Å². The lowest BCUT2D eigenvalue weighted by atomic mass is 10.0. The number of aryl methyl sites for hydroxylation is 2. The first-order chi connectivity index (χ1) is 7.72. The predicted octanol–water partition coefficient (Wildman–Crippen LogP) is 3.07. The van der Waals surface area contributed by atoms with Crippen LogP contribution < -0.4 is 5.32 Å². The molecule has 0 saturated carbocycles. The van der Waals surface area contributed by atoms with E-state index in [4.69, 9.17) is 0 Å². The average Bonchev–Trinajstić information content (AvgIpc) is 2.67. The predicted molar refractivity (Wildman–Crippen MR) is 68.9 cm³/mol. The Kier molecular flexibility index (Phi) is 3.36. The molecule has 3 heteroatoms. The van der Waals surface area contributed by atoms with Gasteiger partial charge in [0, 0.05) is 4.88 Å². The van der Waals surface area contributed by atoms with Gasteiger partial charge in [-0.25, -0.2) is 4.98 Å². The molecule has 0 spiro atoms. The van der Waals surface area contributed by atoms with E-state index < -0.39 is 0 Å². The second kappa shape index (κ2) is 4.76. The quantitative estimate of drug-likeness (QED) is 0.879. The molecule has 0 saturated heterocycles. The van der Waals surface area contributed by atoms with E-state index in [2.05, 4.69) is 48.4 Å². The number of hydrogen-bond acceptors (Lipinski definition) is 3. The van der Waals surface area contributed by atoms with Gasteiger partial charge in [0.1, 0.15) is 0 Å². The highest BCUT2D eigenvalue weighted by Crippen LogP contribution is 2.27. The third-order valence-electron chi connectivity index (χ3n) is 2.71. The Morgan fingerprint density at radius 2 is 2.12 bits per heavy atom. The van der Waals surface area contributed by atoms with Gasteiger partial charge in [-0.05, 0) is 26.5 Å². The zero-order valence-electron chi connectivity index (χ0n) is 9.82. The summed E-state index contributed by atoms with van der Waals surface area (Å²) in [7, 11) is 1.99. The van der Waals surface area contributed by atoms with Crippen molar-refractivity contribution in [3.8, 4) is 0 Å². The summed E-state index contributed by atoms with van der Waals surface area (Å²) in [5.74, 6) is 0. The molecule has 0 radical (unpaired) electrons. The number of rotatable bonds is 3. The molecule has 1 aromatic heterocycles. The fourth-order valence-corrected chi connectivity index (χ4v) is 2.82. The minimum Gasteiger partial charge on any atom is -0.309 e. The SMILES string of the molecule is CNC(c1cccc(C)c1)c1scnc1C. The first-order valence-corrected chi connectivity index (χ1v) is 6.24. The third kappa shape index (κ3) is 2.15. The lowest BCUT2D eigenvalue weighted by Crippen LogP contribution is -2.17. The molecule has 0 bridgehead atoms. The fourth-order valence-electron chi connectivity index (χ4n) is 1.89. The van der Waals surface area contributed by atoms with Gasteiger partial charge in [0.05, 0.1) is 17.2 Å². The number of aromatic nitrogens is 1. The van der Waals surface area contributed by atoms with E-state index >= 15 is 0 Å². The summed E-state index contributed by atoms with van der Waals surface area (Å²) in [5.41, 5.74) is 5.62. The molecule has 1 unspecified atom stereocenters. The van der Waals surface area contributed by atoms with E-state index in [0.717, 1.165) is 5.69 Å². The second-order valence-corrected chi connectivity index (χ2v) is 4.82. The Balaban J connectivity index is 2.40. The van der Waals surface area contributed by atoms with Gasteiger partial charge in [-0.15, -0.1) is 11.3 Å². The highest BCUT2D eigenvalue weighted by Gasteiger charge is 2.16. The van der Waals surface area contributed by atoms with Crippen LogP contribution in [-0.2, 0) is 0 Å². The summed E-state index contributed by atoms with van der Waals surface area (Å²) in [5, 5.41) is 3.36. The molecule has 1 atom stereocenters. The molecular weight excluding hydrogens is 216 g/mol. The van der Waals surface area contributed by atoms with Crippen LogP contribution in [0.15, 0.2) is 29.8 Å². The maximum absolute atomic E-state index is 4.31. The molecule has 0 fully saturated rings. The van der Waals surface area contributed by atoms with Crippen LogP contribution in [0.2, 0.25) is 0 Å². The van der Waals surface area contributed by atoms with E-state index in [0.29, 0.717) is 0 Å². The third-order valence-corrected chi connectivity index (χ3v) is 3.70. The van der Waals surface area contributed by atoms with E-state index in [1.165, 1.54) is 16.0 Å². The van der Waals surface area contributed by atoms with E-state index in [-0.39, 0.29) is 6.04 Å². The number of thiazole rings is 1. The van der Waals surface area contributed by atoms with Crippen molar-refractivity contribution in [3.05, 3.63) is 51.5 Å². The van der Waals surface area contributed by atoms with Crippen LogP contribution in [0.3, 0.4) is 0 Å². The van der Waals surface area contributed by atoms with Crippen molar-refractivity contribution in [3.63, 3.8) is 0 Å². The van der Waals surface area contributed by atoms with Gasteiger partial charge in [-0.3, -0.25) is 0 Å². The van der Waals surface area contributed by atoms with Gasteiger partial charge < -0.3 is 5.32 Å². The zero-order chi connectivity index (χ0) is 11.5. The topological polar surface area (TPSA) is 24.9 Å². The van der Waals surface area contributed by atoms with Crippen LogP contribution in [-0.4, -0.2) is 12.0 Å². The first kappa shape index (κ1) is 11.3. The van der Waals surface area contributed by atoms with Crippen LogP contribution in [0.1, 0.15) is 27.7 Å². The molecule has 1 heterocycles. The summed E-state index contributed by atoms with van der Waals surface area (Å²) in [4.78, 5) is 5.61. The zero-order valence-corrected chi connectivity index (χ0v) is 10.6. The van der Waals surface area contributed by atoms with Gasteiger partial charge in [0.25, 0.3) is 0 Å². The highest BCUT2D eigenvalue weighted by molar-refractivity contribution is 7.09. The first-order valence-electron chi connectivity index (χ1n) is 5.36. The van der Waals surface area contributed by atoms with E-state index in [1.54, 1.807) is 11.3 Å². The van der Waals surface area contributed by atoms with E-state index in [9.17, 15) is 0 Å². The Morgan fingerprint density at radius 3 is 2.69 bits per heavy atom. The summed E-state index contributed by atoms with van der Waals surface area (Å²) in [6, 6.07) is 8.86. The molecule has 84 valence electrons. The van der Waals surface area contributed by atoms with Gasteiger partial charge in [-0.1, -0.05) is 29.8 Å². The standard InChI is InChI=1S/C13H16N2S/c1-9-5-4-6-11(7-9)12(14-3)13-10(2)15-8-16-13/h4-8,12,14H,1-3H3. The Morgan fingerprint density at radius 1 is 1.31 bits per heavy atom. The molecule has 2 nitrogen and oxygen atoms in total. The average molecular weight is 232 g/mol. The molecule has 0 aliphatic heterocycles. The van der Waals surface area contributed by atoms with Crippen molar-refractivity contribution in [1.82, 2.24) is 10.3 Å². The molecule has 0 aliphatic carbocycles. The lowest BCUT2D eigenvalue weighted by Gasteiger charge is -2.16. The Labute approximate surface area is 100 Å². The van der Waals surface area contributed by atoms with Gasteiger partial charge in [0.2, 0.25) is 0 Å². The monoisotopic (exact) mass is 232 g/mol. The highest BCUT2D eigenvalue weighted by atomic mass is 32.1. The van der Waals surface area contributed by atoms with Gasteiger partial charge in [0.15, 0.2) is 0 Å². The molecule has 2 rings (SSSR count). The Hall–Kier alpha value is -1.19. The van der Waals surface area contributed by atoms with Crippen molar-refractivity contribution >= 4 is 11.3 Å². The molecule has 0 amide bonds. The minimum absolute atomic E-state index is 0.257. The summed E-state index contributed by atoms with van der Waals surface area (Å²) < 4.78 is 0. The van der Waals surface area contributed by atoms with Crippen LogP contribution >= 0.6 is 11.3 Å². The molecule has 2 aromatic rings. The molecule has 0 aliphatic rings. The maximum atomic E-state index is 4.31. The van der Waals surface area contributed by atoms with Crippen LogP contribution in [0.4, 0.5) is 0 Å². The molecule has 16 heavy (non-hydrogen) atoms. The van der Waals surface area contributed by atoms with Crippen molar-refractivity contribution in [2.45, 2.75) is 19.9 Å². The van der Waals surface area contributed by atoms with Crippen molar-refractivity contribution in [1.29, 1.82) is 0 Å². The van der Waals surface area contributed by atoms with Gasteiger partial charge >= 0.3 is 0 Å². The molecule has 1 aromatic carbocycles. The van der Waals surface area contributed by atoms with Crippen LogP contribution in [0, 0.1) is 13.8 Å². The van der Waals surface area contributed by atoms with Crippen molar-refractivity contribution in [2.75, 3.05) is 7.05 Å². The number of benzene rings is 1. The largest absolute Gasteiger partial charge is 0.309 e. The normalized spacial score (nSPS) is 12.7. The number of nitrogens with one attached hydrogen (secondary N) is 1. The Bertz CT molecular complexity index is 476. The van der Waals surface area contributed by atoms with Crippen LogP contribution in [0.25, 0.3) is 0 Å². The molecular formula is C13H16N2S. The number of hydrogen-bond donors (Lipinski definition) is 1. The maximum Gasteiger partial charge on any atom is 0.0798 e.